The van der Waals surface area contributed by atoms with Crippen LogP contribution in [0.3, 0.4) is 0 Å². The molecule has 0 aliphatic heterocycles. The first-order valence-electron chi connectivity index (χ1n) is 6.74. The van der Waals surface area contributed by atoms with E-state index in [0.29, 0.717) is 18.0 Å². The monoisotopic (exact) mass is 297 g/mol. The summed E-state index contributed by atoms with van der Waals surface area (Å²) in [6.45, 7) is 0.488. The third kappa shape index (κ3) is 2.63. The van der Waals surface area contributed by atoms with E-state index in [-0.39, 0.29) is 5.69 Å². The number of carbonyl (C=O) groups excluding carboxylic acids is 1. The molecule has 112 valence electrons. The lowest BCUT2D eigenvalue weighted by Crippen LogP contribution is -2.09. The Morgan fingerprint density at radius 2 is 2.05 bits per heavy atom. The van der Waals surface area contributed by atoms with Crippen LogP contribution in [0.15, 0.2) is 42.7 Å². The first kappa shape index (κ1) is 14.1. The van der Waals surface area contributed by atoms with E-state index in [2.05, 4.69) is 9.97 Å². The predicted octanol–water partition coefficient (Wildman–Crippen LogP) is 2.27. The van der Waals surface area contributed by atoms with Gasteiger partial charge in [0.1, 0.15) is 5.75 Å². The standard InChI is InChI=1S/C16H15N3O3/c1-21-12-7-11(18-14(8-12)16(20)22-2)9-19-10-17-13-5-3-4-6-15(13)19/h3-8,10H,9H2,1-2H3. The van der Waals surface area contributed by atoms with Gasteiger partial charge in [-0.3, -0.25) is 0 Å². The number of esters is 1. The Morgan fingerprint density at radius 1 is 1.23 bits per heavy atom. The number of hydrogen-bond donors (Lipinski definition) is 0. The lowest BCUT2D eigenvalue weighted by atomic mass is 10.2. The summed E-state index contributed by atoms with van der Waals surface area (Å²) in [7, 11) is 2.87. The van der Waals surface area contributed by atoms with Gasteiger partial charge >= 0.3 is 5.97 Å². The zero-order valence-electron chi connectivity index (χ0n) is 12.3. The van der Waals surface area contributed by atoms with E-state index in [1.807, 2.05) is 28.8 Å². The number of fused-ring (bicyclic) bond motifs is 1. The van der Waals surface area contributed by atoms with Crippen molar-refractivity contribution in [2.75, 3.05) is 14.2 Å². The molecule has 6 heteroatoms. The van der Waals surface area contributed by atoms with Gasteiger partial charge in [-0.05, 0) is 12.1 Å². The minimum absolute atomic E-state index is 0.223. The quantitative estimate of drug-likeness (QED) is 0.691. The molecule has 2 heterocycles. The summed E-state index contributed by atoms with van der Waals surface area (Å²) in [5.74, 6) is 0.0745. The minimum atomic E-state index is -0.490. The Balaban J connectivity index is 1.99. The zero-order chi connectivity index (χ0) is 15.5. The average Bonchev–Trinajstić information content (AvgIpc) is 2.97. The Morgan fingerprint density at radius 3 is 2.82 bits per heavy atom. The van der Waals surface area contributed by atoms with E-state index in [1.165, 1.54) is 7.11 Å². The molecule has 3 aromatic rings. The normalized spacial score (nSPS) is 10.6. The molecule has 0 amide bonds. The van der Waals surface area contributed by atoms with Crippen molar-refractivity contribution >= 4 is 17.0 Å². The van der Waals surface area contributed by atoms with Crippen molar-refractivity contribution in [3.63, 3.8) is 0 Å². The van der Waals surface area contributed by atoms with E-state index in [4.69, 9.17) is 9.47 Å². The van der Waals surface area contributed by atoms with Gasteiger partial charge < -0.3 is 14.0 Å². The van der Waals surface area contributed by atoms with Crippen molar-refractivity contribution in [1.82, 2.24) is 14.5 Å². The number of nitrogens with zero attached hydrogens (tertiary/aromatic N) is 3. The van der Waals surface area contributed by atoms with Gasteiger partial charge in [0.25, 0.3) is 0 Å². The number of benzene rings is 1. The van der Waals surface area contributed by atoms with Crippen LogP contribution >= 0.6 is 0 Å². The van der Waals surface area contributed by atoms with Crippen LogP contribution in [-0.4, -0.2) is 34.7 Å². The van der Waals surface area contributed by atoms with Crippen molar-refractivity contribution in [1.29, 1.82) is 0 Å². The fourth-order valence-electron chi connectivity index (χ4n) is 2.28. The van der Waals surface area contributed by atoms with Crippen LogP contribution in [0.1, 0.15) is 16.2 Å². The Kier molecular flexibility index (Phi) is 3.74. The van der Waals surface area contributed by atoms with Crippen LogP contribution in [0.2, 0.25) is 0 Å². The molecule has 3 rings (SSSR count). The summed E-state index contributed by atoms with van der Waals surface area (Å²) >= 11 is 0. The molecule has 0 saturated carbocycles. The van der Waals surface area contributed by atoms with Crippen molar-refractivity contribution in [2.24, 2.45) is 0 Å². The van der Waals surface area contributed by atoms with Crippen LogP contribution in [0.4, 0.5) is 0 Å². The molecule has 0 atom stereocenters. The number of methoxy groups -OCH3 is 2. The minimum Gasteiger partial charge on any atom is -0.497 e. The molecule has 0 bridgehead atoms. The predicted molar refractivity (Wildman–Crippen MR) is 81.0 cm³/mol. The molecule has 0 radical (unpaired) electrons. The number of para-hydroxylation sites is 2. The van der Waals surface area contributed by atoms with Crippen LogP contribution in [0.25, 0.3) is 11.0 Å². The number of carbonyl (C=O) groups is 1. The third-order valence-corrected chi connectivity index (χ3v) is 3.34. The molecule has 1 aromatic carbocycles. The third-order valence-electron chi connectivity index (χ3n) is 3.34. The Hall–Kier alpha value is -2.89. The number of pyridine rings is 1. The molecule has 0 N–H and O–H groups in total. The highest BCUT2D eigenvalue weighted by molar-refractivity contribution is 5.87. The van der Waals surface area contributed by atoms with Crippen LogP contribution in [0, 0.1) is 0 Å². The van der Waals surface area contributed by atoms with Crippen LogP contribution in [-0.2, 0) is 11.3 Å². The van der Waals surface area contributed by atoms with Gasteiger partial charge in [0.2, 0.25) is 0 Å². The Bertz CT molecular complexity index is 826. The highest BCUT2D eigenvalue weighted by Gasteiger charge is 2.12. The molecule has 6 nitrogen and oxygen atoms in total. The topological polar surface area (TPSA) is 66.2 Å². The Labute approximate surface area is 127 Å². The van der Waals surface area contributed by atoms with E-state index in [1.54, 1.807) is 25.6 Å². The van der Waals surface area contributed by atoms with E-state index in [0.717, 1.165) is 11.0 Å². The summed E-state index contributed by atoms with van der Waals surface area (Å²) in [4.78, 5) is 20.4. The maximum atomic E-state index is 11.7. The van der Waals surface area contributed by atoms with E-state index >= 15 is 0 Å². The summed E-state index contributed by atoms with van der Waals surface area (Å²) in [6.07, 6.45) is 1.75. The summed E-state index contributed by atoms with van der Waals surface area (Å²) < 4.78 is 11.9. The molecule has 22 heavy (non-hydrogen) atoms. The molecule has 2 aromatic heterocycles. The SMILES string of the molecule is COC(=O)c1cc(OC)cc(Cn2cnc3ccccc32)n1. The van der Waals surface area contributed by atoms with Gasteiger partial charge in [-0.25, -0.2) is 14.8 Å². The first-order valence-corrected chi connectivity index (χ1v) is 6.74. The molecule has 0 saturated heterocycles. The fraction of sp³-hybridized carbons (Fsp3) is 0.188. The molecular weight excluding hydrogens is 282 g/mol. The second-order valence-corrected chi connectivity index (χ2v) is 4.74. The average molecular weight is 297 g/mol. The van der Waals surface area contributed by atoms with Gasteiger partial charge in [-0.2, -0.15) is 0 Å². The number of ether oxygens (including phenoxy) is 2. The molecular formula is C16H15N3O3. The maximum absolute atomic E-state index is 11.7. The lowest BCUT2D eigenvalue weighted by Gasteiger charge is -2.08. The molecule has 0 aliphatic rings. The van der Waals surface area contributed by atoms with Crippen molar-refractivity contribution in [3.05, 3.63) is 54.1 Å². The second-order valence-electron chi connectivity index (χ2n) is 4.74. The summed E-state index contributed by atoms with van der Waals surface area (Å²) in [6, 6.07) is 11.2. The molecule has 0 unspecified atom stereocenters. The first-order chi connectivity index (χ1) is 10.7. The summed E-state index contributed by atoms with van der Waals surface area (Å²) in [5, 5.41) is 0. The van der Waals surface area contributed by atoms with Crippen molar-refractivity contribution in [2.45, 2.75) is 6.54 Å². The molecule has 0 aliphatic carbocycles. The van der Waals surface area contributed by atoms with Crippen LogP contribution < -0.4 is 4.74 Å². The van der Waals surface area contributed by atoms with Gasteiger partial charge in [-0.15, -0.1) is 0 Å². The highest BCUT2D eigenvalue weighted by Crippen LogP contribution is 2.18. The number of rotatable bonds is 4. The van der Waals surface area contributed by atoms with Gasteiger partial charge in [-0.1, -0.05) is 12.1 Å². The van der Waals surface area contributed by atoms with E-state index in [9.17, 15) is 4.79 Å². The zero-order valence-corrected chi connectivity index (χ0v) is 12.3. The van der Waals surface area contributed by atoms with Crippen molar-refractivity contribution in [3.8, 4) is 5.75 Å². The lowest BCUT2D eigenvalue weighted by molar-refractivity contribution is 0.0593. The summed E-state index contributed by atoms with van der Waals surface area (Å²) in [5.41, 5.74) is 2.84. The highest BCUT2D eigenvalue weighted by atomic mass is 16.5. The van der Waals surface area contributed by atoms with Gasteiger partial charge in [0.15, 0.2) is 5.69 Å². The number of hydrogen-bond acceptors (Lipinski definition) is 5. The largest absolute Gasteiger partial charge is 0.497 e. The smallest absolute Gasteiger partial charge is 0.356 e. The van der Waals surface area contributed by atoms with Gasteiger partial charge in [0.05, 0.1) is 43.8 Å². The van der Waals surface area contributed by atoms with Crippen LogP contribution in [0.5, 0.6) is 5.75 Å². The number of imidazole rings is 1. The molecule has 0 spiro atoms. The second kappa shape index (κ2) is 5.85. The maximum Gasteiger partial charge on any atom is 0.356 e. The molecule has 0 fully saturated rings. The van der Waals surface area contributed by atoms with E-state index < -0.39 is 5.97 Å². The number of aromatic nitrogens is 3. The van der Waals surface area contributed by atoms with Crippen molar-refractivity contribution < 1.29 is 14.3 Å². The van der Waals surface area contributed by atoms with Gasteiger partial charge in [0, 0.05) is 12.1 Å². The fourth-order valence-corrected chi connectivity index (χ4v) is 2.28.